The molecule has 64 valence electrons. The van der Waals surface area contributed by atoms with Crippen molar-refractivity contribution in [2.75, 3.05) is 0 Å². The zero-order chi connectivity index (χ0) is 8.65. The van der Waals surface area contributed by atoms with Gasteiger partial charge in [-0.25, -0.2) is 0 Å². The van der Waals surface area contributed by atoms with Gasteiger partial charge in [0.25, 0.3) is 0 Å². The Balaban J connectivity index is 2.33. The Bertz CT molecular complexity index is 226. The molecule has 0 saturated carbocycles. The fourth-order valence-corrected chi connectivity index (χ4v) is 2.87. The van der Waals surface area contributed by atoms with Gasteiger partial charge in [-0.15, -0.1) is 0 Å². The molecule has 1 aromatic carbocycles. The fraction of sp³-hybridized carbons (Fsp3) is 0.273. The number of hydrogen-bond donors (Lipinski definition) is 0. The first kappa shape index (κ1) is 9.83. The average molecular weight is 274 g/mol. The summed E-state index contributed by atoms with van der Waals surface area (Å²) in [5.41, 5.74) is 0. The van der Waals surface area contributed by atoms with Gasteiger partial charge in [-0.1, -0.05) is 0 Å². The number of benzene rings is 1. The van der Waals surface area contributed by atoms with E-state index in [0.717, 1.165) is 0 Å². The Morgan fingerprint density at radius 2 is 2.00 bits per heavy atom. The van der Waals surface area contributed by atoms with Gasteiger partial charge in [0.05, 0.1) is 0 Å². The van der Waals surface area contributed by atoms with E-state index in [4.69, 9.17) is 0 Å². The van der Waals surface area contributed by atoms with E-state index in [0.29, 0.717) is 0 Å². The van der Waals surface area contributed by atoms with Crippen LogP contribution in [0.5, 0.6) is 0 Å². The Kier molecular flexibility index (Phi) is 5.15. The number of allylic oxidation sites excluding steroid dienone is 1. The topological polar surface area (TPSA) is 0 Å². The summed E-state index contributed by atoms with van der Waals surface area (Å²) in [4.78, 5) is 0. The van der Waals surface area contributed by atoms with Gasteiger partial charge in [0.1, 0.15) is 0 Å². The van der Waals surface area contributed by atoms with Crippen molar-refractivity contribution < 1.29 is 0 Å². The number of rotatable bonds is 4. The van der Waals surface area contributed by atoms with Crippen molar-refractivity contribution in [2.24, 2.45) is 0 Å². The molecular weight excluding hydrogens is 260 g/mol. The summed E-state index contributed by atoms with van der Waals surface area (Å²) in [5.74, 6) is 0. The summed E-state index contributed by atoms with van der Waals surface area (Å²) in [7, 11) is 0. The molecule has 0 aliphatic rings. The molecule has 0 nitrogen and oxygen atoms in total. The van der Waals surface area contributed by atoms with Crippen LogP contribution in [0.3, 0.4) is 0 Å². The van der Waals surface area contributed by atoms with E-state index < -0.39 is 0 Å². The van der Waals surface area contributed by atoms with E-state index in [1.165, 1.54) is 16.5 Å². The molecule has 0 unspecified atom stereocenters. The zero-order valence-corrected chi connectivity index (χ0v) is 9.69. The number of hydrogen-bond acceptors (Lipinski definition) is 0. The third-order valence-corrected chi connectivity index (χ3v) is 3.99. The molecule has 0 aliphatic heterocycles. The third-order valence-electron chi connectivity index (χ3n) is 1.50. The van der Waals surface area contributed by atoms with E-state index in [9.17, 15) is 0 Å². The quantitative estimate of drug-likeness (QED) is 0.739. The van der Waals surface area contributed by atoms with Crippen molar-refractivity contribution in [3.05, 3.63) is 40.5 Å². The van der Waals surface area contributed by atoms with Crippen LogP contribution in [0.4, 0.5) is 0 Å². The van der Waals surface area contributed by atoms with Crippen molar-refractivity contribution in [1.82, 2.24) is 0 Å². The summed E-state index contributed by atoms with van der Waals surface area (Å²) in [5, 5.41) is 0. The van der Waals surface area contributed by atoms with E-state index in [-0.39, 0.29) is 20.9 Å². The summed E-state index contributed by atoms with van der Waals surface area (Å²) in [6.45, 7) is 2.22. The maximum absolute atomic E-state index is 2.38. The molecule has 0 amide bonds. The maximum atomic E-state index is 2.38. The van der Waals surface area contributed by atoms with Crippen molar-refractivity contribution in [1.29, 1.82) is 0 Å². The molecule has 0 bridgehead atoms. The molecule has 0 saturated heterocycles. The monoisotopic (exact) mass is 276 g/mol. The molecule has 12 heavy (non-hydrogen) atoms. The van der Waals surface area contributed by atoms with Gasteiger partial charge >= 0.3 is 84.8 Å². The van der Waals surface area contributed by atoms with Crippen LogP contribution in [0, 0.1) is 0 Å². The Hall–Kier alpha value is -0.250. The van der Waals surface area contributed by atoms with E-state index in [2.05, 4.69) is 47.5 Å². The van der Waals surface area contributed by atoms with Crippen LogP contribution >= 0.6 is 0 Å². The second-order valence-corrected chi connectivity index (χ2v) is 5.39. The molecule has 0 radical (unpaired) electrons. The van der Waals surface area contributed by atoms with Gasteiger partial charge in [-0.2, -0.15) is 0 Å². The van der Waals surface area contributed by atoms with Gasteiger partial charge in [0, 0.05) is 0 Å². The second-order valence-electron chi connectivity index (χ2n) is 2.59. The first-order valence-electron chi connectivity index (χ1n) is 4.30. The van der Waals surface area contributed by atoms with Crippen molar-refractivity contribution in [3.63, 3.8) is 0 Å². The van der Waals surface area contributed by atoms with Crippen molar-refractivity contribution in [3.8, 4) is 0 Å². The van der Waals surface area contributed by atoms with Gasteiger partial charge in [0.2, 0.25) is 0 Å². The minimum absolute atomic E-state index is 0.0366. The van der Waals surface area contributed by atoms with Crippen LogP contribution < -0.4 is 3.61 Å². The Labute approximate surface area is 84.8 Å². The SMILES string of the molecule is CCC/C=C/[Te]c1ccccc1. The molecule has 0 N–H and O–H groups in total. The van der Waals surface area contributed by atoms with E-state index in [1.54, 1.807) is 0 Å². The van der Waals surface area contributed by atoms with Gasteiger partial charge in [-0.3, -0.25) is 0 Å². The van der Waals surface area contributed by atoms with Gasteiger partial charge in [-0.05, 0) is 0 Å². The molecule has 0 fully saturated rings. The Morgan fingerprint density at radius 3 is 2.67 bits per heavy atom. The van der Waals surface area contributed by atoms with Crippen LogP contribution in [-0.4, -0.2) is 20.9 Å². The molecule has 0 spiro atoms. The number of unbranched alkanes of at least 4 members (excludes halogenated alkanes) is 1. The second kappa shape index (κ2) is 6.29. The molecular formula is C11H14Te. The van der Waals surface area contributed by atoms with Crippen molar-refractivity contribution >= 4 is 24.5 Å². The summed E-state index contributed by atoms with van der Waals surface area (Å²) in [6, 6.07) is 10.8. The summed E-state index contributed by atoms with van der Waals surface area (Å²) in [6.07, 6.45) is 4.81. The van der Waals surface area contributed by atoms with Crippen LogP contribution in [0.25, 0.3) is 0 Å². The normalized spacial score (nSPS) is 10.8. The predicted molar refractivity (Wildman–Crippen MR) is 55.9 cm³/mol. The Morgan fingerprint density at radius 1 is 1.25 bits per heavy atom. The van der Waals surface area contributed by atoms with E-state index >= 15 is 0 Å². The first-order chi connectivity index (χ1) is 5.93. The van der Waals surface area contributed by atoms with Crippen LogP contribution in [0.2, 0.25) is 0 Å². The van der Waals surface area contributed by atoms with Gasteiger partial charge < -0.3 is 0 Å². The van der Waals surface area contributed by atoms with Crippen LogP contribution in [-0.2, 0) is 0 Å². The van der Waals surface area contributed by atoms with Crippen LogP contribution in [0.15, 0.2) is 40.5 Å². The van der Waals surface area contributed by atoms with Gasteiger partial charge in [0.15, 0.2) is 0 Å². The molecule has 1 aromatic rings. The first-order valence-corrected chi connectivity index (χ1v) is 6.81. The molecule has 0 atom stereocenters. The average Bonchev–Trinajstić information content (AvgIpc) is 2.14. The fourth-order valence-electron chi connectivity index (χ4n) is 0.860. The third kappa shape index (κ3) is 3.95. The predicted octanol–water partition coefficient (Wildman–Crippen LogP) is 2.33. The standard InChI is InChI=1S/C11H14Te/c1-2-3-7-10-12-11-8-5-4-6-9-11/h4-10H,2-3H2,1H3/b10-7+. The zero-order valence-electron chi connectivity index (χ0n) is 7.36. The summed E-state index contributed by atoms with van der Waals surface area (Å²) >= 11 is -0.0366. The minimum atomic E-state index is -0.0366. The summed E-state index contributed by atoms with van der Waals surface area (Å²) < 4.78 is 3.90. The van der Waals surface area contributed by atoms with E-state index in [1.807, 2.05) is 0 Å². The molecule has 0 aromatic heterocycles. The molecule has 1 rings (SSSR count). The van der Waals surface area contributed by atoms with Crippen molar-refractivity contribution in [2.45, 2.75) is 19.8 Å². The van der Waals surface area contributed by atoms with Crippen LogP contribution in [0.1, 0.15) is 19.8 Å². The molecule has 1 heteroatoms. The molecule has 0 heterocycles. The molecule has 0 aliphatic carbocycles.